The van der Waals surface area contributed by atoms with E-state index in [1.807, 2.05) is 24.3 Å². The van der Waals surface area contributed by atoms with Gasteiger partial charge in [-0.05, 0) is 42.0 Å². The van der Waals surface area contributed by atoms with Gasteiger partial charge in [-0.25, -0.2) is 0 Å². The highest BCUT2D eigenvalue weighted by Crippen LogP contribution is 2.17. The van der Waals surface area contributed by atoms with Gasteiger partial charge in [-0.2, -0.15) is 0 Å². The molecule has 0 aromatic heterocycles. The molecule has 0 aliphatic heterocycles. The fourth-order valence-corrected chi connectivity index (χ4v) is 2.54. The molecule has 0 fully saturated rings. The minimum Gasteiger partial charge on any atom is -0.492 e. The Morgan fingerprint density at radius 3 is 2.72 bits per heavy atom. The van der Waals surface area contributed by atoms with Gasteiger partial charge in [0, 0.05) is 11.0 Å². The first-order chi connectivity index (χ1) is 8.83. The molecule has 0 saturated carbocycles. The maximum atomic E-state index is 5.64. The van der Waals surface area contributed by atoms with Gasteiger partial charge < -0.3 is 10.1 Å². The second-order valence-electron chi connectivity index (χ2n) is 4.16. The second kappa shape index (κ2) is 11.1. The van der Waals surface area contributed by atoms with E-state index >= 15 is 0 Å². The summed E-state index contributed by atoms with van der Waals surface area (Å²) in [7, 11) is 0. The molecule has 0 amide bonds. The van der Waals surface area contributed by atoms with E-state index in [0.717, 1.165) is 29.9 Å². The first-order valence-corrected chi connectivity index (χ1v) is 8.80. The second-order valence-corrected chi connectivity index (χ2v) is 6.15. The zero-order valence-electron chi connectivity index (χ0n) is 10.6. The molecule has 0 radical (unpaired) electrons. The molecule has 1 aromatic carbocycles. The Hall–Kier alpha value is 0.190. The third kappa shape index (κ3) is 8.32. The van der Waals surface area contributed by atoms with Crippen molar-refractivity contribution in [1.82, 2.24) is 5.32 Å². The van der Waals surface area contributed by atoms with E-state index in [1.165, 1.54) is 30.1 Å². The molecule has 0 aliphatic carbocycles. The van der Waals surface area contributed by atoms with E-state index in [0.29, 0.717) is 0 Å². The van der Waals surface area contributed by atoms with Crippen LogP contribution < -0.4 is 10.1 Å². The lowest BCUT2D eigenvalue weighted by atomic mass is 10.2. The lowest BCUT2D eigenvalue weighted by Gasteiger charge is -2.07. The number of halogens is 2. The van der Waals surface area contributed by atoms with Crippen LogP contribution in [0.2, 0.25) is 0 Å². The van der Waals surface area contributed by atoms with E-state index < -0.39 is 0 Å². The number of unbranched alkanes of at least 4 members (excludes halogenated alkanes) is 3. The molecule has 2 nitrogen and oxygen atoms in total. The van der Waals surface area contributed by atoms with Crippen molar-refractivity contribution in [1.29, 1.82) is 0 Å². The van der Waals surface area contributed by atoms with Gasteiger partial charge in [-0.15, -0.1) is 0 Å². The van der Waals surface area contributed by atoms with Crippen LogP contribution in [0.1, 0.15) is 25.7 Å². The number of hydrogen-bond acceptors (Lipinski definition) is 2. The summed E-state index contributed by atoms with van der Waals surface area (Å²) in [5.41, 5.74) is 0. The van der Waals surface area contributed by atoms with Crippen LogP contribution in [-0.2, 0) is 0 Å². The minimum atomic E-state index is 0.726. The molecule has 18 heavy (non-hydrogen) atoms. The van der Waals surface area contributed by atoms with Gasteiger partial charge in [-0.3, -0.25) is 0 Å². The Morgan fingerprint density at radius 1 is 1.11 bits per heavy atom. The molecular weight excluding hydrogens is 405 g/mol. The van der Waals surface area contributed by atoms with Gasteiger partial charge in [0.15, 0.2) is 0 Å². The van der Waals surface area contributed by atoms with E-state index in [4.69, 9.17) is 4.74 Å². The van der Waals surface area contributed by atoms with Crippen molar-refractivity contribution in [2.75, 3.05) is 24.1 Å². The Bertz CT molecular complexity index is 322. The summed E-state index contributed by atoms with van der Waals surface area (Å²) in [6.45, 7) is 2.74. The fraction of sp³-hybridized carbons (Fsp3) is 0.571. The Kier molecular flexibility index (Phi) is 9.98. The highest BCUT2D eigenvalue weighted by molar-refractivity contribution is 14.1. The molecule has 1 N–H and O–H groups in total. The molecule has 0 heterocycles. The predicted octanol–water partition coefficient (Wildman–Crippen LogP) is 4.41. The van der Waals surface area contributed by atoms with Crippen LogP contribution in [0.15, 0.2) is 28.7 Å². The lowest BCUT2D eigenvalue weighted by Crippen LogP contribution is -2.22. The molecule has 0 bridgehead atoms. The van der Waals surface area contributed by atoms with Crippen molar-refractivity contribution in [3.8, 4) is 5.75 Å². The quantitative estimate of drug-likeness (QED) is 0.340. The number of alkyl halides is 1. The summed E-state index contributed by atoms with van der Waals surface area (Å²) in [4.78, 5) is 0. The van der Waals surface area contributed by atoms with E-state index in [1.54, 1.807) is 0 Å². The van der Waals surface area contributed by atoms with Crippen molar-refractivity contribution in [3.63, 3.8) is 0 Å². The topological polar surface area (TPSA) is 21.3 Å². The normalized spacial score (nSPS) is 10.6. The summed E-state index contributed by atoms with van der Waals surface area (Å²) in [6.07, 6.45) is 5.32. The summed E-state index contributed by atoms with van der Waals surface area (Å²) in [5, 5.41) is 3.41. The summed E-state index contributed by atoms with van der Waals surface area (Å²) in [5.74, 6) is 0.924. The van der Waals surface area contributed by atoms with Crippen LogP contribution in [0.5, 0.6) is 5.75 Å². The smallest absolute Gasteiger partial charge is 0.120 e. The minimum absolute atomic E-state index is 0.726. The van der Waals surface area contributed by atoms with Crippen LogP contribution in [-0.4, -0.2) is 24.1 Å². The zero-order chi connectivity index (χ0) is 13.1. The number of ether oxygens (including phenoxy) is 1. The molecule has 1 rings (SSSR count). The number of nitrogens with one attached hydrogen (secondary N) is 1. The lowest BCUT2D eigenvalue weighted by molar-refractivity contribution is 0.313. The molecule has 0 aliphatic rings. The standard InChI is InChI=1S/C14H21BrINO/c15-13-6-5-7-14(12-13)18-11-10-17-9-4-2-1-3-8-16/h5-7,12,17H,1-4,8-11H2. The van der Waals surface area contributed by atoms with Crippen molar-refractivity contribution in [2.24, 2.45) is 0 Å². The predicted molar refractivity (Wildman–Crippen MR) is 89.9 cm³/mol. The summed E-state index contributed by atoms with van der Waals surface area (Å²) < 4.78 is 7.98. The maximum absolute atomic E-state index is 5.64. The van der Waals surface area contributed by atoms with Crippen molar-refractivity contribution in [3.05, 3.63) is 28.7 Å². The molecule has 0 spiro atoms. The molecule has 102 valence electrons. The Morgan fingerprint density at radius 2 is 1.94 bits per heavy atom. The molecule has 0 unspecified atom stereocenters. The van der Waals surface area contributed by atoms with Crippen molar-refractivity contribution in [2.45, 2.75) is 25.7 Å². The average Bonchev–Trinajstić information content (AvgIpc) is 2.37. The number of rotatable bonds is 10. The van der Waals surface area contributed by atoms with Crippen molar-refractivity contribution < 1.29 is 4.74 Å². The highest BCUT2D eigenvalue weighted by Gasteiger charge is 1.94. The van der Waals surface area contributed by atoms with Crippen LogP contribution in [0.3, 0.4) is 0 Å². The molecule has 1 aromatic rings. The van der Waals surface area contributed by atoms with Gasteiger partial charge in [0.1, 0.15) is 12.4 Å². The Labute approximate surface area is 132 Å². The van der Waals surface area contributed by atoms with Gasteiger partial charge in [-0.1, -0.05) is 57.4 Å². The van der Waals surface area contributed by atoms with Gasteiger partial charge in [0.2, 0.25) is 0 Å². The summed E-state index contributed by atoms with van der Waals surface area (Å²) >= 11 is 5.87. The van der Waals surface area contributed by atoms with Gasteiger partial charge in [0.05, 0.1) is 0 Å². The summed E-state index contributed by atoms with van der Waals surface area (Å²) in [6, 6.07) is 7.96. The fourth-order valence-electron chi connectivity index (χ4n) is 1.62. The SMILES string of the molecule is Brc1cccc(OCCNCCCCCCI)c1. The van der Waals surface area contributed by atoms with Crippen LogP contribution >= 0.6 is 38.5 Å². The zero-order valence-corrected chi connectivity index (χ0v) is 14.4. The third-order valence-electron chi connectivity index (χ3n) is 2.58. The van der Waals surface area contributed by atoms with Gasteiger partial charge in [0.25, 0.3) is 0 Å². The number of benzene rings is 1. The monoisotopic (exact) mass is 425 g/mol. The number of hydrogen-bond donors (Lipinski definition) is 1. The molecule has 0 saturated heterocycles. The van der Waals surface area contributed by atoms with Crippen molar-refractivity contribution >= 4 is 38.5 Å². The van der Waals surface area contributed by atoms with E-state index in [-0.39, 0.29) is 0 Å². The first kappa shape index (κ1) is 16.2. The van der Waals surface area contributed by atoms with Crippen LogP contribution in [0, 0.1) is 0 Å². The molecule has 4 heteroatoms. The highest BCUT2D eigenvalue weighted by atomic mass is 127. The maximum Gasteiger partial charge on any atom is 0.120 e. The van der Waals surface area contributed by atoms with E-state index in [9.17, 15) is 0 Å². The molecule has 0 atom stereocenters. The Balaban J connectivity index is 1.92. The average molecular weight is 426 g/mol. The largest absolute Gasteiger partial charge is 0.492 e. The third-order valence-corrected chi connectivity index (χ3v) is 3.84. The van der Waals surface area contributed by atoms with Crippen LogP contribution in [0.4, 0.5) is 0 Å². The van der Waals surface area contributed by atoms with Crippen LogP contribution in [0.25, 0.3) is 0 Å². The van der Waals surface area contributed by atoms with Gasteiger partial charge >= 0.3 is 0 Å². The molecular formula is C14H21BrINO. The first-order valence-electron chi connectivity index (χ1n) is 6.48. The van der Waals surface area contributed by atoms with E-state index in [2.05, 4.69) is 43.8 Å².